The van der Waals surface area contributed by atoms with E-state index in [-0.39, 0.29) is 32.1 Å². The van der Waals surface area contributed by atoms with Gasteiger partial charge in [0.15, 0.2) is 13.2 Å². The molecule has 0 heterocycles. The monoisotopic (exact) mass is 978 g/mol. The van der Waals surface area contributed by atoms with Crippen molar-refractivity contribution in [3.63, 3.8) is 0 Å². The van der Waals surface area contributed by atoms with Crippen LogP contribution >= 0.6 is 0 Å². The van der Waals surface area contributed by atoms with Crippen molar-refractivity contribution in [1.82, 2.24) is 10.6 Å². The number of carbonyl (C=O) groups excluding carboxylic acids is 6. The number of nitrogens with one attached hydrogen (secondary N) is 2. The van der Waals surface area contributed by atoms with Crippen molar-refractivity contribution in [2.75, 3.05) is 26.8 Å². The van der Waals surface area contributed by atoms with Gasteiger partial charge in [-0.2, -0.15) is 35.1 Å². The number of alkyl carbamates (subject to hydrolysis) is 2. The number of esters is 4. The summed E-state index contributed by atoms with van der Waals surface area (Å²) in [7, 11) is 0. The molecule has 0 radical (unpaired) electrons. The Hall–Kier alpha value is -4.92. The van der Waals surface area contributed by atoms with Crippen LogP contribution in [-0.2, 0) is 61.8 Å². The van der Waals surface area contributed by atoms with Crippen LogP contribution in [0.1, 0.15) is 86.5 Å². The predicted molar refractivity (Wildman–Crippen MR) is 200 cm³/mol. The standard InChI is InChI=1S/C39H52F10N2O15/c1-9-25(52)60-20-62-28(55)16-34(8)14-23(13-32(4,5)17-34)12-27(54)58-18-36(42,43)65-39(48,49)66-38(46,47)37(44,45)64-35(40,41)19-59-30(56)50-24-11-22(3)29(33(6,7)15-24)51-31(57)63-21-61-26(53)10-2/h9-10,22-24,29H,1-2,11-21H2,3-8H3,(H,50,56)(H,51,57). The third kappa shape index (κ3) is 19.1. The molecule has 5 unspecified atom stereocenters. The highest BCUT2D eigenvalue weighted by Crippen LogP contribution is 2.52. The average Bonchev–Trinajstić information content (AvgIpc) is 3.12. The molecule has 0 aromatic rings. The van der Waals surface area contributed by atoms with Crippen LogP contribution in [0.5, 0.6) is 0 Å². The Bertz CT molecular complexity index is 1770. The van der Waals surface area contributed by atoms with E-state index in [9.17, 15) is 72.7 Å². The third-order valence-electron chi connectivity index (χ3n) is 10.0. The van der Waals surface area contributed by atoms with Crippen molar-refractivity contribution in [2.24, 2.45) is 28.1 Å². The van der Waals surface area contributed by atoms with Gasteiger partial charge in [-0.15, -0.1) is 8.78 Å². The number of halogens is 10. The van der Waals surface area contributed by atoms with Gasteiger partial charge in [-0.25, -0.2) is 33.4 Å². The largest absolute Gasteiger partial charge is 0.495 e. The van der Waals surface area contributed by atoms with E-state index in [0.29, 0.717) is 6.42 Å². The molecule has 17 nitrogen and oxygen atoms in total. The summed E-state index contributed by atoms with van der Waals surface area (Å²) in [5.74, 6) is -5.10. The highest BCUT2D eigenvalue weighted by atomic mass is 19.3. The second-order valence-electron chi connectivity index (χ2n) is 17.5. The molecule has 2 aliphatic carbocycles. The molecule has 2 fully saturated rings. The Morgan fingerprint density at radius 2 is 1.15 bits per heavy atom. The molecule has 0 aliphatic heterocycles. The zero-order valence-electron chi connectivity index (χ0n) is 36.6. The van der Waals surface area contributed by atoms with Gasteiger partial charge >= 0.3 is 66.8 Å². The normalized spacial score (nSPS) is 23.3. The van der Waals surface area contributed by atoms with Crippen LogP contribution < -0.4 is 10.6 Å². The molecule has 0 aromatic carbocycles. The number of amides is 2. The van der Waals surface area contributed by atoms with Gasteiger partial charge in [0.1, 0.15) is 0 Å². The van der Waals surface area contributed by atoms with E-state index in [4.69, 9.17) is 9.47 Å². The van der Waals surface area contributed by atoms with E-state index >= 15 is 0 Å². The molecule has 0 spiro atoms. The van der Waals surface area contributed by atoms with Gasteiger partial charge in [-0.1, -0.05) is 54.7 Å². The fourth-order valence-electron chi connectivity index (χ4n) is 8.28. The molecule has 5 atom stereocenters. The minimum Gasteiger partial charge on any atom is -0.456 e. The first-order valence-electron chi connectivity index (χ1n) is 19.7. The number of carbonyl (C=O) groups is 6. The maximum absolute atomic E-state index is 14.3. The lowest BCUT2D eigenvalue weighted by molar-refractivity contribution is -0.566. The second-order valence-corrected chi connectivity index (χ2v) is 17.5. The van der Waals surface area contributed by atoms with E-state index in [1.807, 2.05) is 0 Å². The van der Waals surface area contributed by atoms with Gasteiger partial charge in [-0.3, -0.25) is 9.59 Å². The lowest BCUT2D eigenvalue weighted by Crippen LogP contribution is -2.57. The molecule has 2 rings (SSSR count). The number of alkyl halides is 10. The van der Waals surface area contributed by atoms with E-state index in [1.54, 1.807) is 41.5 Å². The van der Waals surface area contributed by atoms with Crippen LogP contribution in [0.25, 0.3) is 0 Å². The molecule has 0 bridgehead atoms. The fourth-order valence-corrected chi connectivity index (χ4v) is 8.28. The smallest absolute Gasteiger partial charge is 0.456 e. The van der Waals surface area contributed by atoms with Crippen LogP contribution in [0.3, 0.4) is 0 Å². The quantitative estimate of drug-likeness (QED) is 0.0331. The number of hydrogen-bond donors (Lipinski definition) is 2. The maximum atomic E-state index is 14.3. The summed E-state index contributed by atoms with van der Waals surface area (Å²) >= 11 is 0. The summed E-state index contributed by atoms with van der Waals surface area (Å²) in [6, 6.07) is -1.51. The first-order valence-corrected chi connectivity index (χ1v) is 19.7. The van der Waals surface area contributed by atoms with E-state index in [1.165, 1.54) is 0 Å². The van der Waals surface area contributed by atoms with Crippen LogP contribution in [0.4, 0.5) is 53.5 Å². The highest BCUT2D eigenvalue weighted by molar-refractivity contribution is 5.81. The van der Waals surface area contributed by atoms with Crippen LogP contribution in [0.15, 0.2) is 25.3 Å². The lowest BCUT2D eigenvalue weighted by Gasteiger charge is -2.46. The first-order chi connectivity index (χ1) is 29.9. The summed E-state index contributed by atoms with van der Waals surface area (Å²) < 4.78 is 177. The van der Waals surface area contributed by atoms with Crippen molar-refractivity contribution < 1.29 is 115 Å². The van der Waals surface area contributed by atoms with E-state index in [0.717, 1.165) is 12.2 Å². The Morgan fingerprint density at radius 1 is 0.636 bits per heavy atom. The summed E-state index contributed by atoms with van der Waals surface area (Å²) in [6.07, 6.45) is -32.1. The highest BCUT2D eigenvalue weighted by Gasteiger charge is 2.69. The van der Waals surface area contributed by atoms with Crippen LogP contribution in [0.2, 0.25) is 0 Å². The lowest BCUT2D eigenvalue weighted by atomic mass is 9.59. The molecular formula is C39H52F10N2O15. The second kappa shape index (κ2) is 22.3. The van der Waals surface area contributed by atoms with Crippen molar-refractivity contribution in [3.8, 4) is 0 Å². The molecule has 0 saturated heterocycles. The molecule has 378 valence electrons. The minimum atomic E-state index is -6.85. The molecule has 2 amide bonds. The SMILES string of the molecule is C=CC(=O)OCOC(=O)CC1(C)CC(CC(=O)OCC(F)(F)OC(F)(F)OC(F)(F)C(F)(F)OC(F)(F)COC(=O)NC2CC(C)C(NC(=O)OCOC(=O)C=C)C(C)(C)C2)CC(C)(C)C1. The fraction of sp³-hybridized carbons (Fsp3) is 0.744. The Labute approximate surface area is 371 Å². The maximum Gasteiger partial charge on any atom is 0.495 e. The van der Waals surface area contributed by atoms with E-state index in [2.05, 4.69) is 56.9 Å². The van der Waals surface area contributed by atoms with Crippen LogP contribution in [-0.4, -0.2) is 106 Å². The molecule has 0 aromatic heterocycles. The predicted octanol–water partition coefficient (Wildman–Crippen LogP) is 7.68. The summed E-state index contributed by atoms with van der Waals surface area (Å²) in [5, 5.41) is 4.70. The van der Waals surface area contributed by atoms with E-state index < -0.39 is 140 Å². The van der Waals surface area contributed by atoms with Gasteiger partial charge in [-0.05, 0) is 60.2 Å². The van der Waals surface area contributed by atoms with Crippen molar-refractivity contribution in [2.45, 2.75) is 129 Å². The zero-order chi connectivity index (χ0) is 50.7. The summed E-state index contributed by atoms with van der Waals surface area (Å²) in [5.41, 5.74) is -2.28. The first kappa shape index (κ1) is 57.2. The Balaban J connectivity index is 1.91. The van der Waals surface area contributed by atoms with Gasteiger partial charge in [0, 0.05) is 30.7 Å². The van der Waals surface area contributed by atoms with Gasteiger partial charge in [0.05, 0.1) is 6.42 Å². The van der Waals surface area contributed by atoms with Crippen molar-refractivity contribution in [3.05, 3.63) is 25.3 Å². The molecule has 66 heavy (non-hydrogen) atoms. The number of hydrogen-bond acceptors (Lipinski definition) is 15. The average molecular weight is 979 g/mol. The van der Waals surface area contributed by atoms with Crippen LogP contribution in [0, 0.1) is 28.1 Å². The molecule has 27 heteroatoms. The molecule has 2 saturated carbocycles. The van der Waals surface area contributed by atoms with Gasteiger partial charge in [0.2, 0.25) is 13.6 Å². The number of ether oxygens (including phenoxy) is 9. The number of rotatable bonds is 23. The molecule has 2 N–H and O–H groups in total. The topological polar surface area (TPSA) is 210 Å². The van der Waals surface area contributed by atoms with Crippen molar-refractivity contribution in [1.29, 1.82) is 0 Å². The minimum absolute atomic E-state index is 0.0233. The summed E-state index contributed by atoms with van der Waals surface area (Å²) in [6.45, 7) is 10.0. The third-order valence-corrected chi connectivity index (χ3v) is 10.0. The zero-order valence-corrected chi connectivity index (χ0v) is 36.6. The molecule has 2 aliphatic rings. The summed E-state index contributed by atoms with van der Waals surface area (Å²) in [4.78, 5) is 71.5. The Kier molecular flexibility index (Phi) is 19.3. The van der Waals surface area contributed by atoms with Gasteiger partial charge in [0.25, 0.3) is 0 Å². The Morgan fingerprint density at radius 3 is 1.71 bits per heavy atom. The van der Waals surface area contributed by atoms with Gasteiger partial charge < -0.3 is 39.1 Å². The molecular weight excluding hydrogens is 926 g/mol. The van der Waals surface area contributed by atoms with Crippen molar-refractivity contribution >= 4 is 36.1 Å².